The average Bonchev–Trinajstić information content (AvgIpc) is 2.92. The molecule has 0 radical (unpaired) electrons. The van der Waals surface area contributed by atoms with Crippen LogP contribution in [-0.4, -0.2) is 33.4 Å². The van der Waals surface area contributed by atoms with Gasteiger partial charge in [-0.15, -0.1) is 10.2 Å². The molecule has 1 fully saturated rings. The van der Waals surface area contributed by atoms with Gasteiger partial charge in [-0.2, -0.15) is 0 Å². The van der Waals surface area contributed by atoms with E-state index >= 15 is 0 Å². The highest BCUT2D eigenvalue weighted by atomic mass is 16.3. The van der Waals surface area contributed by atoms with Crippen molar-refractivity contribution < 1.29 is 5.11 Å². The Labute approximate surface area is 134 Å². The molecule has 3 aromatic rings. The first kappa shape index (κ1) is 14.2. The van der Waals surface area contributed by atoms with Crippen molar-refractivity contribution in [1.82, 2.24) is 20.5 Å². The standard InChI is InChI=1S/C18H20N4O/c23-17-7-2-1-6-15(17)16-9-13-8-14(20-18(13)22-21-16)5-3-4-12-10-19-11-12/h1-2,6-9,12,19,23H,3-5,10-11H2,(H,20,22). The number of nitrogens with one attached hydrogen (secondary N) is 2. The maximum absolute atomic E-state index is 9.96. The van der Waals surface area contributed by atoms with E-state index in [0.29, 0.717) is 11.3 Å². The van der Waals surface area contributed by atoms with Crippen molar-refractivity contribution in [3.05, 3.63) is 42.1 Å². The molecule has 3 heterocycles. The summed E-state index contributed by atoms with van der Waals surface area (Å²) in [7, 11) is 0. The van der Waals surface area contributed by atoms with Crippen LogP contribution in [0.3, 0.4) is 0 Å². The van der Waals surface area contributed by atoms with Crippen LogP contribution in [0.1, 0.15) is 18.5 Å². The largest absolute Gasteiger partial charge is 0.507 e. The molecule has 2 aromatic heterocycles. The minimum absolute atomic E-state index is 0.228. The maximum atomic E-state index is 9.96. The van der Waals surface area contributed by atoms with Gasteiger partial charge in [0.15, 0.2) is 5.65 Å². The first-order valence-electron chi connectivity index (χ1n) is 8.14. The molecule has 0 unspecified atom stereocenters. The van der Waals surface area contributed by atoms with Gasteiger partial charge in [0.2, 0.25) is 0 Å². The van der Waals surface area contributed by atoms with Crippen molar-refractivity contribution in [1.29, 1.82) is 0 Å². The number of phenols is 1. The van der Waals surface area contributed by atoms with Crippen molar-refractivity contribution in [2.45, 2.75) is 19.3 Å². The summed E-state index contributed by atoms with van der Waals surface area (Å²) in [5.41, 5.74) is 3.42. The molecule has 0 spiro atoms. The molecule has 3 N–H and O–H groups in total. The SMILES string of the molecule is Oc1ccccc1-c1cc2cc(CCCC3CNC3)[nH]c2nn1. The molecule has 118 valence electrons. The Kier molecular flexibility index (Phi) is 3.71. The Hall–Kier alpha value is -2.40. The van der Waals surface area contributed by atoms with Gasteiger partial charge in [-0.1, -0.05) is 12.1 Å². The van der Waals surface area contributed by atoms with Crippen LogP contribution in [0.5, 0.6) is 5.75 Å². The number of fused-ring (bicyclic) bond motifs is 1. The highest BCUT2D eigenvalue weighted by Gasteiger charge is 2.16. The van der Waals surface area contributed by atoms with E-state index in [9.17, 15) is 5.11 Å². The number of rotatable bonds is 5. The van der Waals surface area contributed by atoms with Gasteiger partial charge in [-0.25, -0.2) is 0 Å². The summed E-state index contributed by atoms with van der Waals surface area (Å²) in [5.74, 6) is 1.08. The average molecular weight is 308 g/mol. The first-order chi connectivity index (χ1) is 11.3. The fourth-order valence-corrected chi connectivity index (χ4v) is 3.08. The molecule has 5 heteroatoms. The molecule has 1 saturated heterocycles. The lowest BCUT2D eigenvalue weighted by Crippen LogP contribution is -2.41. The van der Waals surface area contributed by atoms with E-state index < -0.39 is 0 Å². The Morgan fingerprint density at radius 2 is 2.00 bits per heavy atom. The second kappa shape index (κ2) is 6.01. The van der Waals surface area contributed by atoms with Gasteiger partial charge < -0.3 is 15.4 Å². The van der Waals surface area contributed by atoms with Crippen LogP contribution in [0.4, 0.5) is 0 Å². The van der Waals surface area contributed by atoms with Crippen LogP contribution >= 0.6 is 0 Å². The van der Waals surface area contributed by atoms with Gasteiger partial charge in [-0.3, -0.25) is 0 Å². The van der Waals surface area contributed by atoms with Gasteiger partial charge in [0.05, 0.1) is 5.69 Å². The summed E-state index contributed by atoms with van der Waals surface area (Å²) in [4.78, 5) is 3.35. The molecule has 1 aliphatic heterocycles. The smallest absolute Gasteiger partial charge is 0.160 e. The zero-order chi connectivity index (χ0) is 15.6. The summed E-state index contributed by atoms with van der Waals surface area (Å²) in [6.45, 7) is 2.34. The number of para-hydroxylation sites is 1. The third-order valence-corrected chi connectivity index (χ3v) is 4.54. The number of phenolic OH excluding ortho intramolecular Hbond substituents is 1. The van der Waals surface area contributed by atoms with Crippen molar-refractivity contribution in [3.63, 3.8) is 0 Å². The lowest BCUT2D eigenvalue weighted by Gasteiger charge is -2.26. The number of aryl methyl sites for hydroxylation is 1. The third-order valence-electron chi connectivity index (χ3n) is 4.54. The molecular formula is C18H20N4O. The first-order valence-corrected chi connectivity index (χ1v) is 8.14. The van der Waals surface area contributed by atoms with E-state index in [1.165, 1.54) is 31.6 Å². The zero-order valence-electron chi connectivity index (χ0n) is 12.9. The lowest BCUT2D eigenvalue weighted by atomic mass is 9.96. The molecule has 0 atom stereocenters. The quantitative estimate of drug-likeness (QED) is 0.677. The van der Waals surface area contributed by atoms with Gasteiger partial charge in [0.25, 0.3) is 0 Å². The Bertz CT molecular complexity index is 823. The van der Waals surface area contributed by atoms with Crippen molar-refractivity contribution in [2.24, 2.45) is 5.92 Å². The van der Waals surface area contributed by atoms with Crippen molar-refractivity contribution in [2.75, 3.05) is 13.1 Å². The minimum atomic E-state index is 0.228. The predicted molar refractivity (Wildman–Crippen MR) is 90.3 cm³/mol. The van der Waals surface area contributed by atoms with E-state index in [1.54, 1.807) is 12.1 Å². The molecule has 0 amide bonds. The van der Waals surface area contributed by atoms with Gasteiger partial charge in [-0.05, 0) is 62.5 Å². The van der Waals surface area contributed by atoms with E-state index in [2.05, 4.69) is 26.6 Å². The van der Waals surface area contributed by atoms with Gasteiger partial charge in [0.1, 0.15) is 5.75 Å². The van der Waals surface area contributed by atoms with E-state index in [0.717, 1.165) is 23.4 Å². The summed E-state index contributed by atoms with van der Waals surface area (Å²) in [6.07, 6.45) is 3.51. The van der Waals surface area contributed by atoms with Crippen LogP contribution in [-0.2, 0) is 6.42 Å². The zero-order valence-corrected chi connectivity index (χ0v) is 12.9. The monoisotopic (exact) mass is 308 g/mol. The number of hydrogen-bond donors (Lipinski definition) is 3. The Morgan fingerprint density at radius 3 is 2.78 bits per heavy atom. The number of H-pyrrole nitrogens is 1. The number of benzene rings is 1. The number of aromatic hydroxyl groups is 1. The molecule has 4 rings (SSSR count). The topological polar surface area (TPSA) is 73.8 Å². The molecule has 0 saturated carbocycles. The number of aromatic nitrogens is 3. The fraction of sp³-hybridized carbons (Fsp3) is 0.333. The number of aromatic amines is 1. The van der Waals surface area contributed by atoms with E-state index in [4.69, 9.17) is 0 Å². The van der Waals surface area contributed by atoms with E-state index in [1.807, 2.05) is 18.2 Å². The van der Waals surface area contributed by atoms with Crippen LogP contribution in [0, 0.1) is 5.92 Å². The Morgan fingerprint density at radius 1 is 1.13 bits per heavy atom. The minimum Gasteiger partial charge on any atom is -0.507 e. The summed E-state index contributed by atoms with van der Waals surface area (Å²) in [5, 5.41) is 22.8. The highest BCUT2D eigenvalue weighted by Crippen LogP contribution is 2.28. The second-order valence-electron chi connectivity index (χ2n) is 6.26. The van der Waals surface area contributed by atoms with Crippen LogP contribution in [0.2, 0.25) is 0 Å². The van der Waals surface area contributed by atoms with Crippen LogP contribution in [0.25, 0.3) is 22.3 Å². The maximum Gasteiger partial charge on any atom is 0.160 e. The molecule has 23 heavy (non-hydrogen) atoms. The lowest BCUT2D eigenvalue weighted by molar-refractivity contribution is 0.320. The van der Waals surface area contributed by atoms with Crippen LogP contribution < -0.4 is 5.32 Å². The fourth-order valence-electron chi connectivity index (χ4n) is 3.08. The normalized spacial score (nSPS) is 15.0. The summed E-state index contributed by atoms with van der Waals surface area (Å²) >= 11 is 0. The molecule has 1 aliphatic rings. The molecule has 1 aromatic carbocycles. The number of nitrogens with zero attached hydrogens (tertiary/aromatic N) is 2. The molecule has 0 bridgehead atoms. The number of hydrogen-bond acceptors (Lipinski definition) is 4. The predicted octanol–water partition coefficient (Wildman–Crippen LogP) is 2.87. The summed E-state index contributed by atoms with van der Waals surface area (Å²) in [6, 6.07) is 11.3. The van der Waals surface area contributed by atoms with E-state index in [-0.39, 0.29) is 5.75 Å². The summed E-state index contributed by atoms with van der Waals surface area (Å²) < 4.78 is 0. The van der Waals surface area contributed by atoms with Crippen molar-refractivity contribution >= 4 is 11.0 Å². The molecule has 5 nitrogen and oxygen atoms in total. The van der Waals surface area contributed by atoms with Gasteiger partial charge in [0, 0.05) is 16.6 Å². The highest BCUT2D eigenvalue weighted by molar-refractivity contribution is 5.81. The van der Waals surface area contributed by atoms with Crippen molar-refractivity contribution in [3.8, 4) is 17.0 Å². The van der Waals surface area contributed by atoms with Gasteiger partial charge >= 0.3 is 0 Å². The molecular weight excluding hydrogens is 288 g/mol. The second-order valence-corrected chi connectivity index (χ2v) is 6.26. The third kappa shape index (κ3) is 2.92. The molecule has 0 aliphatic carbocycles. The van der Waals surface area contributed by atoms with Crippen LogP contribution in [0.15, 0.2) is 36.4 Å². The Balaban J connectivity index is 1.53.